The van der Waals surface area contributed by atoms with E-state index in [1.165, 1.54) is 0 Å². The maximum atomic E-state index is 11.7. The fourth-order valence-electron chi connectivity index (χ4n) is 1.86. The van der Waals surface area contributed by atoms with Crippen molar-refractivity contribution in [1.82, 2.24) is 15.1 Å². The molecule has 0 spiro atoms. The Morgan fingerprint density at radius 1 is 1.25 bits per heavy atom. The summed E-state index contributed by atoms with van der Waals surface area (Å²) in [4.78, 5) is 11.7. The Kier molecular flexibility index (Phi) is 5.17. The molecule has 1 aromatic carbocycles. The summed E-state index contributed by atoms with van der Waals surface area (Å²) in [6.07, 6.45) is 4.18. The molecule has 1 amide bonds. The molecule has 1 aromatic heterocycles. The second kappa shape index (κ2) is 7.33. The third-order valence-electron chi connectivity index (χ3n) is 2.88. The number of anilines is 1. The molecule has 0 aliphatic heterocycles. The highest BCUT2D eigenvalue weighted by Crippen LogP contribution is 2.03. The van der Waals surface area contributed by atoms with E-state index in [1.807, 2.05) is 43.5 Å². The Morgan fingerprint density at radius 2 is 2.05 bits per heavy atom. The summed E-state index contributed by atoms with van der Waals surface area (Å²) in [6.45, 7) is 3.94. The molecule has 0 fully saturated rings. The smallest absolute Gasteiger partial charge is 0.221 e. The Morgan fingerprint density at radius 3 is 2.75 bits per heavy atom. The Labute approximate surface area is 119 Å². The highest BCUT2D eigenvalue weighted by molar-refractivity contribution is 5.75. The number of rotatable bonds is 7. The molecule has 2 N–H and O–H groups in total. The number of amides is 1. The van der Waals surface area contributed by atoms with E-state index in [0.29, 0.717) is 19.5 Å². The van der Waals surface area contributed by atoms with Gasteiger partial charge in [0.05, 0.1) is 6.20 Å². The van der Waals surface area contributed by atoms with E-state index in [-0.39, 0.29) is 5.91 Å². The number of aromatic nitrogens is 2. The standard InChI is InChI=1S/C15H20N4O/c1-13-11-18-19(12-13)10-7-15(20)17-9-8-16-14-5-3-2-4-6-14/h2-6,11-12,16H,7-10H2,1H3,(H,17,20). The maximum absolute atomic E-state index is 11.7. The van der Waals surface area contributed by atoms with Crippen LogP contribution in [0.5, 0.6) is 0 Å². The van der Waals surface area contributed by atoms with Crippen LogP contribution < -0.4 is 10.6 Å². The number of nitrogens with one attached hydrogen (secondary N) is 2. The number of para-hydroxylation sites is 1. The molecule has 2 rings (SSSR count). The van der Waals surface area contributed by atoms with Gasteiger partial charge in [0, 0.05) is 37.9 Å². The van der Waals surface area contributed by atoms with Crippen molar-refractivity contribution in [2.75, 3.05) is 18.4 Å². The molecule has 0 bridgehead atoms. The van der Waals surface area contributed by atoms with Crippen molar-refractivity contribution in [3.8, 4) is 0 Å². The molecule has 0 atom stereocenters. The zero-order chi connectivity index (χ0) is 14.2. The second-order valence-electron chi connectivity index (χ2n) is 4.67. The van der Waals surface area contributed by atoms with E-state index in [9.17, 15) is 4.79 Å². The summed E-state index contributed by atoms with van der Waals surface area (Å²) in [7, 11) is 0. The van der Waals surface area contributed by atoms with E-state index < -0.39 is 0 Å². The van der Waals surface area contributed by atoms with Gasteiger partial charge in [-0.25, -0.2) is 0 Å². The van der Waals surface area contributed by atoms with Crippen LogP contribution in [0.15, 0.2) is 42.7 Å². The zero-order valence-electron chi connectivity index (χ0n) is 11.7. The first kappa shape index (κ1) is 14.1. The minimum atomic E-state index is 0.0491. The lowest BCUT2D eigenvalue weighted by Crippen LogP contribution is -2.29. The van der Waals surface area contributed by atoms with E-state index in [1.54, 1.807) is 10.9 Å². The quantitative estimate of drug-likeness (QED) is 0.756. The molecular formula is C15H20N4O. The first-order valence-electron chi connectivity index (χ1n) is 6.79. The van der Waals surface area contributed by atoms with Gasteiger partial charge >= 0.3 is 0 Å². The van der Waals surface area contributed by atoms with Gasteiger partial charge in [0.15, 0.2) is 0 Å². The molecule has 5 heteroatoms. The number of benzene rings is 1. The molecule has 106 valence electrons. The largest absolute Gasteiger partial charge is 0.383 e. The molecule has 0 aliphatic rings. The first-order chi connectivity index (χ1) is 9.74. The maximum Gasteiger partial charge on any atom is 0.221 e. The highest BCUT2D eigenvalue weighted by atomic mass is 16.1. The lowest BCUT2D eigenvalue weighted by atomic mass is 10.3. The van der Waals surface area contributed by atoms with Crippen molar-refractivity contribution in [1.29, 1.82) is 0 Å². The predicted octanol–water partition coefficient (Wildman–Crippen LogP) is 1.81. The van der Waals surface area contributed by atoms with Crippen LogP contribution in [0.4, 0.5) is 5.69 Å². The van der Waals surface area contributed by atoms with Gasteiger partial charge in [-0.05, 0) is 24.6 Å². The van der Waals surface area contributed by atoms with Gasteiger partial charge in [0.2, 0.25) is 5.91 Å². The van der Waals surface area contributed by atoms with Crippen LogP contribution in [0.1, 0.15) is 12.0 Å². The first-order valence-corrected chi connectivity index (χ1v) is 6.79. The summed E-state index contributed by atoms with van der Waals surface area (Å²) < 4.78 is 1.79. The molecule has 2 aromatic rings. The molecule has 0 saturated heterocycles. The lowest BCUT2D eigenvalue weighted by Gasteiger charge is -2.08. The number of hydrogen-bond acceptors (Lipinski definition) is 3. The number of nitrogens with zero attached hydrogens (tertiary/aromatic N) is 2. The monoisotopic (exact) mass is 272 g/mol. The van der Waals surface area contributed by atoms with Crippen LogP contribution >= 0.6 is 0 Å². The lowest BCUT2D eigenvalue weighted by molar-refractivity contribution is -0.121. The van der Waals surface area contributed by atoms with Gasteiger partial charge in [-0.3, -0.25) is 9.48 Å². The SMILES string of the molecule is Cc1cnn(CCC(=O)NCCNc2ccccc2)c1. The van der Waals surface area contributed by atoms with Gasteiger partial charge in [-0.2, -0.15) is 5.10 Å². The zero-order valence-corrected chi connectivity index (χ0v) is 11.7. The normalized spacial score (nSPS) is 10.2. The third-order valence-corrected chi connectivity index (χ3v) is 2.88. The number of carbonyl (C=O) groups is 1. The molecule has 0 saturated carbocycles. The molecular weight excluding hydrogens is 252 g/mol. The summed E-state index contributed by atoms with van der Waals surface area (Å²) in [6, 6.07) is 9.94. The highest BCUT2D eigenvalue weighted by Gasteiger charge is 2.01. The average Bonchev–Trinajstić information content (AvgIpc) is 2.88. The van der Waals surface area contributed by atoms with Gasteiger partial charge in [0.1, 0.15) is 0 Å². The van der Waals surface area contributed by atoms with E-state index >= 15 is 0 Å². The summed E-state index contributed by atoms with van der Waals surface area (Å²) in [5.41, 5.74) is 2.17. The van der Waals surface area contributed by atoms with E-state index in [4.69, 9.17) is 0 Å². The number of aryl methyl sites for hydroxylation is 2. The Bertz CT molecular complexity index is 536. The van der Waals surface area contributed by atoms with Crippen LogP contribution in [-0.2, 0) is 11.3 Å². The fourth-order valence-corrected chi connectivity index (χ4v) is 1.86. The van der Waals surface area contributed by atoms with Crippen molar-refractivity contribution in [3.05, 3.63) is 48.3 Å². The topological polar surface area (TPSA) is 59.0 Å². The van der Waals surface area contributed by atoms with Gasteiger partial charge in [-0.1, -0.05) is 18.2 Å². The van der Waals surface area contributed by atoms with Crippen LogP contribution in [0, 0.1) is 6.92 Å². The second-order valence-corrected chi connectivity index (χ2v) is 4.67. The predicted molar refractivity (Wildman–Crippen MR) is 79.5 cm³/mol. The number of hydrogen-bond donors (Lipinski definition) is 2. The summed E-state index contributed by atoms with van der Waals surface area (Å²) in [5.74, 6) is 0.0491. The Balaban J connectivity index is 1.58. The molecule has 0 unspecified atom stereocenters. The van der Waals surface area contributed by atoms with Gasteiger partial charge in [-0.15, -0.1) is 0 Å². The van der Waals surface area contributed by atoms with Crippen LogP contribution in [0.2, 0.25) is 0 Å². The Hall–Kier alpha value is -2.30. The van der Waals surface area contributed by atoms with Gasteiger partial charge < -0.3 is 10.6 Å². The fraction of sp³-hybridized carbons (Fsp3) is 0.333. The van der Waals surface area contributed by atoms with Crippen molar-refractivity contribution in [2.24, 2.45) is 0 Å². The average molecular weight is 272 g/mol. The molecule has 0 aliphatic carbocycles. The molecule has 1 heterocycles. The van der Waals surface area contributed by atoms with Crippen molar-refractivity contribution >= 4 is 11.6 Å². The van der Waals surface area contributed by atoms with Gasteiger partial charge in [0.25, 0.3) is 0 Å². The van der Waals surface area contributed by atoms with Crippen LogP contribution in [-0.4, -0.2) is 28.8 Å². The molecule has 20 heavy (non-hydrogen) atoms. The third kappa shape index (κ3) is 4.76. The van der Waals surface area contributed by atoms with Crippen molar-refractivity contribution < 1.29 is 4.79 Å². The van der Waals surface area contributed by atoms with Crippen LogP contribution in [0.3, 0.4) is 0 Å². The minimum Gasteiger partial charge on any atom is -0.383 e. The van der Waals surface area contributed by atoms with Crippen molar-refractivity contribution in [2.45, 2.75) is 19.9 Å². The van der Waals surface area contributed by atoms with Crippen molar-refractivity contribution in [3.63, 3.8) is 0 Å². The molecule has 5 nitrogen and oxygen atoms in total. The number of carbonyl (C=O) groups excluding carboxylic acids is 1. The minimum absolute atomic E-state index is 0.0491. The van der Waals surface area contributed by atoms with E-state index in [0.717, 1.165) is 17.8 Å². The van der Waals surface area contributed by atoms with E-state index in [2.05, 4.69) is 15.7 Å². The summed E-state index contributed by atoms with van der Waals surface area (Å²) in [5, 5.41) is 10.3. The molecule has 0 radical (unpaired) electrons. The summed E-state index contributed by atoms with van der Waals surface area (Å²) >= 11 is 0. The van der Waals surface area contributed by atoms with Crippen LogP contribution in [0.25, 0.3) is 0 Å².